The zero-order chi connectivity index (χ0) is 9.14. The number of pyridine rings is 1. The largest absolute Gasteiger partial charge is 0.410 e. The molecule has 0 aliphatic carbocycles. The third kappa shape index (κ3) is 1.71. The van der Waals surface area contributed by atoms with Gasteiger partial charge >= 0.3 is 0 Å². The lowest BCUT2D eigenvalue weighted by Gasteiger charge is -1.99. The van der Waals surface area contributed by atoms with E-state index in [-0.39, 0.29) is 5.17 Å². The molecule has 0 atom stereocenters. The highest BCUT2D eigenvalue weighted by Crippen LogP contribution is 2.09. The average Bonchev–Trinajstić information content (AvgIpc) is 2.03. The minimum Gasteiger partial charge on any atom is -0.410 e. The van der Waals surface area contributed by atoms with Gasteiger partial charge < -0.3 is 5.21 Å². The molecule has 64 valence electrons. The molecule has 1 N–H and O–H groups in total. The summed E-state index contributed by atoms with van der Waals surface area (Å²) in [5.74, 6) is -0.585. The zero-order valence-electron chi connectivity index (χ0n) is 6.25. The maximum absolute atomic E-state index is 12.5. The van der Waals surface area contributed by atoms with Gasteiger partial charge in [-0.15, -0.1) is 0 Å². The van der Waals surface area contributed by atoms with Crippen LogP contribution in [0.25, 0.3) is 0 Å². The van der Waals surface area contributed by atoms with Gasteiger partial charge in [0.1, 0.15) is 0 Å². The van der Waals surface area contributed by atoms with Crippen molar-refractivity contribution in [2.75, 3.05) is 0 Å². The molecule has 1 rings (SSSR count). The molecule has 0 spiro atoms. The van der Waals surface area contributed by atoms with E-state index in [1.807, 2.05) is 0 Å². The highest BCUT2D eigenvalue weighted by Gasteiger charge is 2.06. The van der Waals surface area contributed by atoms with E-state index in [2.05, 4.69) is 10.1 Å². The maximum Gasteiger partial charge on any atom is 0.213 e. The number of hydrogen-bond acceptors (Lipinski definition) is 3. The third-order valence-electron chi connectivity index (χ3n) is 1.36. The molecule has 0 saturated carbocycles. The Hall–Kier alpha value is -1.16. The predicted octanol–water partition coefficient (Wildman–Crippen LogP) is 1.90. The summed E-state index contributed by atoms with van der Waals surface area (Å²) in [6.45, 7) is 1.58. The van der Waals surface area contributed by atoms with Crippen LogP contribution in [0, 0.1) is 12.9 Å². The number of halogens is 2. The number of aromatic nitrogens is 1. The first kappa shape index (κ1) is 8.93. The van der Waals surface area contributed by atoms with Crippen LogP contribution in [0.5, 0.6) is 0 Å². The minimum atomic E-state index is -0.585. The number of nitrogens with zero attached hydrogens (tertiary/aromatic N) is 2. The first-order chi connectivity index (χ1) is 5.65. The summed E-state index contributed by atoms with van der Waals surface area (Å²) < 4.78 is 12.5. The van der Waals surface area contributed by atoms with Crippen molar-refractivity contribution in [1.82, 2.24) is 4.98 Å². The summed E-state index contributed by atoms with van der Waals surface area (Å²) in [6.07, 6.45) is 0. The second kappa shape index (κ2) is 3.49. The van der Waals surface area contributed by atoms with Crippen molar-refractivity contribution < 1.29 is 9.60 Å². The van der Waals surface area contributed by atoms with Gasteiger partial charge in [0.05, 0.1) is 5.69 Å². The van der Waals surface area contributed by atoms with Gasteiger partial charge in [-0.3, -0.25) is 0 Å². The Morgan fingerprint density at radius 1 is 1.67 bits per heavy atom. The summed E-state index contributed by atoms with van der Waals surface area (Å²) in [4.78, 5) is 3.50. The summed E-state index contributed by atoms with van der Waals surface area (Å²) >= 11 is 5.49. The number of oxime groups is 1. The van der Waals surface area contributed by atoms with Crippen LogP contribution < -0.4 is 0 Å². The van der Waals surface area contributed by atoms with Gasteiger partial charge in [-0.05, 0) is 19.1 Å². The van der Waals surface area contributed by atoms with Gasteiger partial charge in [0.2, 0.25) is 5.95 Å². The molecule has 1 aromatic heterocycles. The second-order valence-corrected chi connectivity index (χ2v) is 2.52. The third-order valence-corrected chi connectivity index (χ3v) is 1.64. The Kier molecular flexibility index (Phi) is 2.60. The molecule has 0 saturated heterocycles. The van der Waals surface area contributed by atoms with Crippen molar-refractivity contribution in [2.45, 2.75) is 6.92 Å². The molecule has 3 nitrogen and oxygen atoms in total. The Balaban J connectivity index is 3.18. The van der Waals surface area contributed by atoms with E-state index in [0.717, 1.165) is 6.07 Å². The number of rotatable bonds is 1. The Morgan fingerprint density at radius 3 is 2.83 bits per heavy atom. The van der Waals surface area contributed by atoms with E-state index in [0.29, 0.717) is 11.3 Å². The van der Waals surface area contributed by atoms with E-state index >= 15 is 0 Å². The van der Waals surface area contributed by atoms with E-state index in [9.17, 15) is 4.39 Å². The van der Waals surface area contributed by atoms with Gasteiger partial charge in [-0.2, -0.15) is 4.39 Å². The van der Waals surface area contributed by atoms with Crippen molar-refractivity contribution in [1.29, 1.82) is 0 Å². The number of hydrogen-bond donors (Lipinski definition) is 1. The fraction of sp³-hybridized carbons (Fsp3) is 0.143. The van der Waals surface area contributed by atoms with Crippen LogP contribution in [0.15, 0.2) is 17.3 Å². The quantitative estimate of drug-likeness (QED) is 0.317. The standard InChI is InChI=1S/C7H6ClFN2O/c1-4-5(7(8)11-12)2-3-6(9)10-4/h2-3,12H,1H3/b11-7+. The fourth-order valence-electron chi connectivity index (χ4n) is 0.802. The molecule has 0 aliphatic rings. The minimum absolute atomic E-state index is 0.0972. The Labute approximate surface area is 73.5 Å². The van der Waals surface area contributed by atoms with Crippen LogP contribution in [-0.2, 0) is 0 Å². The van der Waals surface area contributed by atoms with E-state index in [1.165, 1.54) is 6.07 Å². The lowest BCUT2D eigenvalue weighted by molar-refractivity contribution is 0.320. The van der Waals surface area contributed by atoms with Crippen LogP contribution in [0.2, 0.25) is 0 Å². The lowest BCUT2D eigenvalue weighted by atomic mass is 10.2. The SMILES string of the molecule is Cc1nc(F)ccc1/C(Cl)=N\O. The van der Waals surface area contributed by atoms with E-state index < -0.39 is 5.95 Å². The molecule has 12 heavy (non-hydrogen) atoms. The van der Waals surface area contributed by atoms with E-state index in [1.54, 1.807) is 6.92 Å². The van der Waals surface area contributed by atoms with Gasteiger partial charge in [0.15, 0.2) is 5.17 Å². The van der Waals surface area contributed by atoms with Gasteiger partial charge in [0, 0.05) is 5.56 Å². The highest BCUT2D eigenvalue weighted by atomic mass is 35.5. The van der Waals surface area contributed by atoms with Crippen LogP contribution >= 0.6 is 11.6 Å². The smallest absolute Gasteiger partial charge is 0.213 e. The molecule has 0 fully saturated rings. The lowest BCUT2D eigenvalue weighted by Crippen LogP contribution is -1.99. The number of aryl methyl sites for hydroxylation is 1. The van der Waals surface area contributed by atoms with Crippen molar-refractivity contribution in [3.05, 3.63) is 29.3 Å². The van der Waals surface area contributed by atoms with Crippen LogP contribution in [0.3, 0.4) is 0 Å². The van der Waals surface area contributed by atoms with Gasteiger partial charge in [-0.25, -0.2) is 4.98 Å². The molecular weight excluding hydrogens is 183 g/mol. The Bertz CT molecular complexity index is 327. The molecule has 0 radical (unpaired) electrons. The molecule has 1 heterocycles. The van der Waals surface area contributed by atoms with Gasteiger partial charge in [0.25, 0.3) is 0 Å². The maximum atomic E-state index is 12.5. The molecular formula is C7H6ClFN2O. The predicted molar refractivity (Wildman–Crippen MR) is 43.1 cm³/mol. The molecule has 0 amide bonds. The summed E-state index contributed by atoms with van der Waals surface area (Å²) in [6, 6.07) is 2.55. The van der Waals surface area contributed by atoms with Crippen molar-refractivity contribution in [2.24, 2.45) is 5.16 Å². The second-order valence-electron chi connectivity index (χ2n) is 2.16. The highest BCUT2D eigenvalue weighted by molar-refractivity contribution is 6.69. The normalized spacial score (nSPS) is 11.8. The zero-order valence-corrected chi connectivity index (χ0v) is 7.01. The van der Waals surface area contributed by atoms with Crippen LogP contribution in [0.1, 0.15) is 11.3 Å². The van der Waals surface area contributed by atoms with Crippen molar-refractivity contribution >= 4 is 16.8 Å². The molecule has 0 aromatic carbocycles. The topological polar surface area (TPSA) is 45.5 Å². The van der Waals surface area contributed by atoms with Crippen molar-refractivity contribution in [3.63, 3.8) is 0 Å². The molecule has 0 bridgehead atoms. The molecule has 0 unspecified atom stereocenters. The molecule has 5 heteroatoms. The van der Waals surface area contributed by atoms with E-state index in [4.69, 9.17) is 16.8 Å². The summed E-state index contributed by atoms with van der Waals surface area (Å²) in [5.41, 5.74) is 0.804. The molecule has 0 aliphatic heterocycles. The summed E-state index contributed by atoms with van der Waals surface area (Å²) in [7, 11) is 0. The first-order valence-electron chi connectivity index (χ1n) is 3.16. The monoisotopic (exact) mass is 188 g/mol. The summed E-state index contributed by atoms with van der Waals surface area (Å²) in [5, 5.41) is 11.0. The van der Waals surface area contributed by atoms with Crippen LogP contribution in [0.4, 0.5) is 4.39 Å². The van der Waals surface area contributed by atoms with Gasteiger partial charge in [-0.1, -0.05) is 16.8 Å². The van der Waals surface area contributed by atoms with Crippen molar-refractivity contribution in [3.8, 4) is 0 Å². The fourth-order valence-corrected chi connectivity index (χ4v) is 1.00. The van der Waals surface area contributed by atoms with Crippen LogP contribution in [-0.4, -0.2) is 15.4 Å². The average molecular weight is 189 g/mol. The first-order valence-corrected chi connectivity index (χ1v) is 3.54. The molecule has 1 aromatic rings. The Morgan fingerprint density at radius 2 is 2.33 bits per heavy atom.